The number of hydrogen-bond acceptors (Lipinski definition) is 3. The van der Waals surface area contributed by atoms with Crippen LogP contribution >= 0.6 is 15.9 Å². The van der Waals surface area contributed by atoms with E-state index in [-0.39, 0.29) is 11.7 Å². The summed E-state index contributed by atoms with van der Waals surface area (Å²) < 4.78 is 0.695. The molecule has 3 rings (SSSR count). The van der Waals surface area contributed by atoms with Crippen LogP contribution in [-0.4, -0.2) is 21.6 Å². The van der Waals surface area contributed by atoms with Crippen LogP contribution in [-0.2, 0) is 6.42 Å². The molecule has 0 saturated carbocycles. The Hall–Kier alpha value is -1.85. The van der Waals surface area contributed by atoms with Crippen molar-refractivity contribution < 1.29 is 5.11 Å². The number of aromatic nitrogens is 2. The number of hydrogen-bond donors (Lipinski definition) is 3. The fourth-order valence-corrected chi connectivity index (χ4v) is 2.85. The molecule has 0 saturated heterocycles. The van der Waals surface area contributed by atoms with Crippen LogP contribution in [0.1, 0.15) is 17.3 Å². The number of halogens is 1. The third-order valence-electron chi connectivity index (χ3n) is 3.57. The Morgan fingerprint density at radius 2 is 2.05 bits per heavy atom. The number of nitrogens with one attached hydrogen (secondary N) is 1. The minimum atomic E-state index is 0.119. The van der Waals surface area contributed by atoms with Gasteiger partial charge in [0.25, 0.3) is 0 Å². The number of rotatable bonds is 4. The number of benzene rings is 2. The van der Waals surface area contributed by atoms with Crippen molar-refractivity contribution in [3.8, 4) is 5.75 Å². The van der Waals surface area contributed by atoms with E-state index in [0.717, 1.165) is 28.8 Å². The second kappa shape index (κ2) is 5.87. The lowest BCUT2D eigenvalue weighted by atomic mass is 9.99. The van der Waals surface area contributed by atoms with Gasteiger partial charge in [0.15, 0.2) is 0 Å². The molecule has 0 aliphatic heterocycles. The fourth-order valence-electron chi connectivity index (χ4n) is 2.42. The molecule has 0 amide bonds. The predicted molar refractivity (Wildman–Crippen MR) is 87.4 cm³/mol. The molecule has 5 heteroatoms. The first-order chi connectivity index (χ1) is 10.2. The van der Waals surface area contributed by atoms with E-state index in [2.05, 4.69) is 25.9 Å². The molecule has 1 heterocycles. The van der Waals surface area contributed by atoms with Gasteiger partial charge in [0.1, 0.15) is 11.6 Å². The van der Waals surface area contributed by atoms with Gasteiger partial charge >= 0.3 is 0 Å². The number of phenolic OH excluding ortho intramolecular Hbond substituents is 1. The van der Waals surface area contributed by atoms with Crippen LogP contribution in [0.2, 0.25) is 0 Å². The van der Waals surface area contributed by atoms with Crippen molar-refractivity contribution in [2.75, 3.05) is 6.54 Å². The maximum atomic E-state index is 9.56. The first-order valence-electron chi connectivity index (χ1n) is 6.79. The SMILES string of the molecule is NCC(Cc1ccc(O)c(Br)c1)c1nc2ccccc2[nH]1. The molecule has 0 aliphatic carbocycles. The monoisotopic (exact) mass is 345 g/mol. The molecule has 2 aromatic carbocycles. The lowest BCUT2D eigenvalue weighted by molar-refractivity contribution is 0.471. The standard InChI is InChI=1S/C16H16BrN3O/c17-12-8-10(5-6-15(12)21)7-11(9-18)16-19-13-3-1-2-4-14(13)20-16/h1-6,8,11,21H,7,9,18H2,(H,19,20). The third-order valence-corrected chi connectivity index (χ3v) is 4.21. The van der Waals surface area contributed by atoms with Crippen LogP contribution in [0.25, 0.3) is 11.0 Å². The number of nitrogens with two attached hydrogens (primary N) is 1. The highest BCUT2D eigenvalue weighted by Gasteiger charge is 2.15. The maximum Gasteiger partial charge on any atom is 0.129 e. The largest absolute Gasteiger partial charge is 0.507 e. The smallest absolute Gasteiger partial charge is 0.129 e. The summed E-state index contributed by atoms with van der Waals surface area (Å²) in [7, 11) is 0. The molecule has 21 heavy (non-hydrogen) atoms. The molecule has 1 atom stereocenters. The number of imidazole rings is 1. The van der Waals surface area contributed by atoms with Crippen molar-refractivity contribution in [3.05, 3.63) is 58.3 Å². The second-order valence-electron chi connectivity index (χ2n) is 5.06. The average Bonchev–Trinajstić information content (AvgIpc) is 2.92. The summed E-state index contributed by atoms with van der Waals surface area (Å²) in [6, 6.07) is 13.5. The Bertz CT molecular complexity index is 736. The van der Waals surface area contributed by atoms with E-state index in [9.17, 15) is 5.11 Å². The molecule has 0 aliphatic rings. The molecule has 1 aromatic heterocycles. The number of H-pyrrole nitrogens is 1. The molecule has 3 aromatic rings. The van der Waals surface area contributed by atoms with E-state index in [1.54, 1.807) is 6.07 Å². The number of para-hydroxylation sites is 2. The van der Waals surface area contributed by atoms with Gasteiger partial charge in [0, 0.05) is 12.5 Å². The van der Waals surface area contributed by atoms with E-state index in [1.165, 1.54) is 0 Å². The zero-order valence-corrected chi connectivity index (χ0v) is 13.0. The summed E-state index contributed by atoms with van der Waals surface area (Å²) in [6.07, 6.45) is 0.773. The van der Waals surface area contributed by atoms with E-state index >= 15 is 0 Å². The molecule has 4 N–H and O–H groups in total. The molecule has 108 valence electrons. The lowest BCUT2D eigenvalue weighted by Crippen LogP contribution is -2.16. The van der Waals surface area contributed by atoms with Gasteiger partial charge in [-0.25, -0.2) is 4.98 Å². The fraction of sp³-hybridized carbons (Fsp3) is 0.188. The molecule has 0 fully saturated rings. The van der Waals surface area contributed by atoms with Gasteiger partial charge in [-0.05, 0) is 52.2 Å². The first-order valence-corrected chi connectivity index (χ1v) is 7.59. The summed E-state index contributed by atoms with van der Waals surface area (Å²) in [5.41, 5.74) is 9.01. The Morgan fingerprint density at radius 3 is 2.76 bits per heavy atom. The van der Waals surface area contributed by atoms with Crippen LogP contribution in [0.5, 0.6) is 5.75 Å². The van der Waals surface area contributed by atoms with Crippen molar-refractivity contribution in [1.29, 1.82) is 0 Å². The predicted octanol–water partition coefficient (Wildman–Crippen LogP) is 3.32. The summed E-state index contributed by atoms with van der Waals surface area (Å²) in [6.45, 7) is 0.512. The summed E-state index contributed by atoms with van der Waals surface area (Å²) in [5, 5.41) is 9.56. The van der Waals surface area contributed by atoms with E-state index < -0.39 is 0 Å². The Morgan fingerprint density at radius 1 is 1.24 bits per heavy atom. The van der Waals surface area contributed by atoms with Gasteiger partial charge in [-0.15, -0.1) is 0 Å². The molecular weight excluding hydrogens is 330 g/mol. The quantitative estimate of drug-likeness (QED) is 0.678. The van der Waals surface area contributed by atoms with E-state index in [1.807, 2.05) is 36.4 Å². The van der Waals surface area contributed by atoms with Crippen LogP contribution in [0.3, 0.4) is 0 Å². The molecule has 0 radical (unpaired) electrons. The van der Waals surface area contributed by atoms with Crippen LogP contribution in [0.4, 0.5) is 0 Å². The zero-order valence-electron chi connectivity index (χ0n) is 11.4. The third kappa shape index (κ3) is 2.94. The highest BCUT2D eigenvalue weighted by Crippen LogP contribution is 2.27. The van der Waals surface area contributed by atoms with Crippen molar-refractivity contribution >= 4 is 27.0 Å². The normalized spacial score (nSPS) is 12.7. The highest BCUT2D eigenvalue weighted by atomic mass is 79.9. The highest BCUT2D eigenvalue weighted by molar-refractivity contribution is 9.10. The van der Waals surface area contributed by atoms with Gasteiger partial charge in [-0.3, -0.25) is 0 Å². The van der Waals surface area contributed by atoms with Gasteiger partial charge in [0.05, 0.1) is 15.5 Å². The van der Waals surface area contributed by atoms with Gasteiger partial charge in [-0.1, -0.05) is 18.2 Å². The zero-order chi connectivity index (χ0) is 14.8. The van der Waals surface area contributed by atoms with Gasteiger partial charge in [0.2, 0.25) is 0 Å². The molecule has 4 nitrogen and oxygen atoms in total. The summed E-state index contributed by atoms with van der Waals surface area (Å²) in [5.74, 6) is 1.27. The Balaban J connectivity index is 1.88. The van der Waals surface area contributed by atoms with Gasteiger partial charge < -0.3 is 15.8 Å². The summed E-state index contributed by atoms with van der Waals surface area (Å²) >= 11 is 3.34. The molecule has 0 bridgehead atoms. The Labute approximate surface area is 131 Å². The van der Waals surface area contributed by atoms with Crippen molar-refractivity contribution in [2.45, 2.75) is 12.3 Å². The van der Waals surface area contributed by atoms with E-state index in [0.29, 0.717) is 11.0 Å². The second-order valence-corrected chi connectivity index (χ2v) is 5.92. The van der Waals surface area contributed by atoms with Crippen molar-refractivity contribution in [1.82, 2.24) is 9.97 Å². The Kier molecular flexibility index (Phi) is 3.94. The number of nitrogens with zero attached hydrogens (tertiary/aromatic N) is 1. The van der Waals surface area contributed by atoms with Crippen LogP contribution in [0, 0.1) is 0 Å². The number of aromatic amines is 1. The average molecular weight is 346 g/mol. The first kappa shape index (κ1) is 14.1. The van der Waals surface area contributed by atoms with E-state index in [4.69, 9.17) is 5.73 Å². The molecular formula is C16H16BrN3O. The van der Waals surface area contributed by atoms with Crippen molar-refractivity contribution in [3.63, 3.8) is 0 Å². The number of phenols is 1. The number of aromatic hydroxyl groups is 1. The molecule has 0 spiro atoms. The molecule has 1 unspecified atom stereocenters. The minimum Gasteiger partial charge on any atom is -0.507 e. The van der Waals surface area contributed by atoms with Crippen LogP contribution < -0.4 is 5.73 Å². The van der Waals surface area contributed by atoms with Crippen molar-refractivity contribution in [2.24, 2.45) is 5.73 Å². The topological polar surface area (TPSA) is 74.9 Å². The summed E-state index contributed by atoms with van der Waals surface area (Å²) in [4.78, 5) is 7.96. The maximum absolute atomic E-state index is 9.56. The van der Waals surface area contributed by atoms with Gasteiger partial charge in [-0.2, -0.15) is 0 Å². The minimum absolute atomic E-state index is 0.119. The van der Waals surface area contributed by atoms with Crippen LogP contribution in [0.15, 0.2) is 46.9 Å². The number of fused-ring (bicyclic) bond motifs is 1. The lowest BCUT2D eigenvalue weighted by Gasteiger charge is -2.12.